The van der Waals surface area contributed by atoms with Gasteiger partial charge in [0.05, 0.1) is 10.9 Å². The molecule has 3 nitrogen and oxygen atoms in total. The van der Waals surface area contributed by atoms with Crippen LogP contribution in [0, 0.1) is 0 Å². The summed E-state index contributed by atoms with van der Waals surface area (Å²) in [6, 6.07) is 0. The Morgan fingerprint density at radius 3 is 2.17 bits per heavy atom. The molecule has 0 spiro atoms. The van der Waals surface area contributed by atoms with Gasteiger partial charge in [0.25, 0.3) is 0 Å². The third-order valence-electron chi connectivity index (χ3n) is 2.27. The first-order chi connectivity index (χ1) is 5.22. The average molecular weight is 194 g/mol. The Hall–Kier alpha value is -0.0900. The average Bonchev–Trinajstić information content (AvgIpc) is 1.84. The van der Waals surface area contributed by atoms with Gasteiger partial charge in [0.1, 0.15) is 0 Å². The molecule has 0 heterocycles. The van der Waals surface area contributed by atoms with E-state index in [1.54, 1.807) is 13.8 Å². The second-order valence-corrected chi connectivity index (χ2v) is 5.95. The lowest BCUT2D eigenvalue weighted by Gasteiger charge is -2.28. The summed E-state index contributed by atoms with van der Waals surface area (Å²) < 4.78 is 22.2. The normalized spacial score (nSPS) is 20.1. The highest BCUT2D eigenvalue weighted by Gasteiger charge is 2.34. The van der Waals surface area contributed by atoms with Crippen molar-refractivity contribution in [3.05, 3.63) is 0 Å². The van der Waals surface area contributed by atoms with Crippen LogP contribution in [0.4, 0.5) is 0 Å². The Balaban J connectivity index is 4.57. The molecule has 0 aliphatic heterocycles. The van der Waals surface area contributed by atoms with E-state index in [2.05, 4.69) is 0 Å². The second kappa shape index (κ2) is 3.75. The number of hydrogen-bond donors (Lipinski definition) is 1. The minimum atomic E-state index is -3.13. The molecule has 0 saturated heterocycles. The minimum Gasteiger partial charge on any atom is -0.389 e. The summed E-state index contributed by atoms with van der Waals surface area (Å²) in [6.07, 6.45) is 2.45. The molecule has 0 rings (SSSR count). The van der Waals surface area contributed by atoms with Crippen molar-refractivity contribution in [1.29, 1.82) is 0 Å². The highest BCUT2D eigenvalue weighted by atomic mass is 32.2. The highest BCUT2D eigenvalue weighted by Crippen LogP contribution is 2.21. The van der Waals surface area contributed by atoms with Crippen molar-refractivity contribution in [1.82, 2.24) is 0 Å². The first kappa shape index (κ1) is 11.9. The molecule has 2 unspecified atom stereocenters. The lowest BCUT2D eigenvalue weighted by molar-refractivity contribution is 0.0497. The van der Waals surface area contributed by atoms with E-state index >= 15 is 0 Å². The first-order valence-electron chi connectivity index (χ1n) is 4.13. The van der Waals surface area contributed by atoms with Crippen molar-refractivity contribution in [3.63, 3.8) is 0 Å². The fourth-order valence-electron chi connectivity index (χ4n) is 1.17. The van der Waals surface area contributed by atoms with Crippen molar-refractivity contribution in [2.75, 3.05) is 6.26 Å². The third kappa shape index (κ3) is 3.11. The predicted octanol–water partition coefficient (Wildman–Crippen LogP) is 0.971. The van der Waals surface area contributed by atoms with E-state index in [1.807, 2.05) is 6.92 Å². The molecule has 74 valence electrons. The van der Waals surface area contributed by atoms with Gasteiger partial charge in [0, 0.05) is 6.26 Å². The van der Waals surface area contributed by atoms with Gasteiger partial charge in [0.2, 0.25) is 0 Å². The van der Waals surface area contributed by atoms with Crippen LogP contribution in [-0.2, 0) is 9.84 Å². The molecule has 0 aromatic heterocycles. The predicted molar refractivity (Wildman–Crippen MR) is 49.8 cm³/mol. The molecule has 0 amide bonds. The van der Waals surface area contributed by atoms with E-state index in [9.17, 15) is 13.5 Å². The van der Waals surface area contributed by atoms with Crippen molar-refractivity contribution in [3.8, 4) is 0 Å². The molecule has 0 bridgehead atoms. The quantitative estimate of drug-likeness (QED) is 0.725. The molecule has 0 aromatic rings. The third-order valence-corrected chi connectivity index (χ3v) is 4.07. The fourth-order valence-corrected chi connectivity index (χ4v) is 2.21. The number of aliphatic hydroxyl groups is 1. The van der Waals surface area contributed by atoms with Crippen LogP contribution in [0.2, 0.25) is 0 Å². The van der Waals surface area contributed by atoms with Gasteiger partial charge in [-0.3, -0.25) is 0 Å². The Labute approximate surface area is 74.7 Å². The summed E-state index contributed by atoms with van der Waals surface area (Å²) in [5.41, 5.74) is -1.09. The lowest BCUT2D eigenvalue weighted by atomic mass is 9.97. The van der Waals surface area contributed by atoms with Gasteiger partial charge in [-0.2, -0.15) is 0 Å². The Morgan fingerprint density at radius 1 is 1.50 bits per heavy atom. The van der Waals surface area contributed by atoms with Crippen molar-refractivity contribution in [2.45, 2.75) is 44.5 Å². The van der Waals surface area contributed by atoms with Gasteiger partial charge in [0.15, 0.2) is 9.84 Å². The van der Waals surface area contributed by atoms with Crippen LogP contribution in [0.25, 0.3) is 0 Å². The monoisotopic (exact) mass is 194 g/mol. The molecule has 1 N–H and O–H groups in total. The molecular formula is C8H18O3S. The first-order valence-corrected chi connectivity index (χ1v) is 6.08. The zero-order chi connectivity index (χ0) is 9.99. The maximum Gasteiger partial charge on any atom is 0.152 e. The zero-order valence-corrected chi connectivity index (χ0v) is 8.98. The van der Waals surface area contributed by atoms with Crippen LogP contribution >= 0.6 is 0 Å². The van der Waals surface area contributed by atoms with Crippen molar-refractivity contribution < 1.29 is 13.5 Å². The van der Waals surface area contributed by atoms with E-state index < -0.39 is 20.7 Å². The minimum absolute atomic E-state index is 0.515. The Bertz CT molecular complexity index is 229. The standard InChI is InChI=1S/C8H18O3S/c1-5-6-8(3,9)7(2)12(4,10)11/h7,9H,5-6H2,1-4H3. The maximum atomic E-state index is 11.1. The van der Waals surface area contributed by atoms with Crippen LogP contribution in [-0.4, -0.2) is 30.6 Å². The Kier molecular flexibility index (Phi) is 3.72. The van der Waals surface area contributed by atoms with Crippen molar-refractivity contribution >= 4 is 9.84 Å². The number of rotatable bonds is 4. The van der Waals surface area contributed by atoms with Crippen LogP contribution in [0.15, 0.2) is 0 Å². The van der Waals surface area contributed by atoms with Crippen LogP contribution in [0.5, 0.6) is 0 Å². The van der Waals surface area contributed by atoms with E-state index in [0.717, 1.165) is 12.7 Å². The van der Waals surface area contributed by atoms with E-state index in [4.69, 9.17) is 0 Å². The summed E-state index contributed by atoms with van der Waals surface area (Å²) in [6.45, 7) is 5.04. The summed E-state index contributed by atoms with van der Waals surface area (Å²) in [5, 5.41) is 9.05. The zero-order valence-electron chi connectivity index (χ0n) is 8.16. The molecule has 12 heavy (non-hydrogen) atoms. The molecule has 0 aromatic carbocycles. The van der Waals surface area contributed by atoms with Crippen LogP contribution in [0.1, 0.15) is 33.6 Å². The molecule has 0 saturated carbocycles. The van der Waals surface area contributed by atoms with E-state index in [-0.39, 0.29) is 0 Å². The van der Waals surface area contributed by atoms with Gasteiger partial charge in [-0.1, -0.05) is 13.3 Å². The largest absolute Gasteiger partial charge is 0.389 e. The smallest absolute Gasteiger partial charge is 0.152 e. The van der Waals surface area contributed by atoms with Crippen molar-refractivity contribution in [2.24, 2.45) is 0 Å². The van der Waals surface area contributed by atoms with Crippen LogP contribution in [0.3, 0.4) is 0 Å². The second-order valence-electron chi connectivity index (χ2n) is 3.58. The topological polar surface area (TPSA) is 54.4 Å². The fraction of sp³-hybridized carbons (Fsp3) is 1.00. The van der Waals surface area contributed by atoms with Gasteiger partial charge in [-0.15, -0.1) is 0 Å². The summed E-state index contributed by atoms with van der Waals surface area (Å²) in [7, 11) is -3.13. The summed E-state index contributed by atoms with van der Waals surface area (Å²) in [5.74, 6) is 0. The summed E-state index contributed by atoms with van der Waals surface area (Å²) in [4.78, 5) is 0. The molecule has 0 aliphatic carbocycles. The molecular weight excluding hydrogens is 176 g/mol. The summed E-state index contributed by atoms with van der Waals surface area (Å²) >= 11 is 0. The SMILES string of the molecule is CCCC(C)(O)C(C)S(C)(=O)=O. The van der Waals surface area contributed by atoms with Gasteiger partial charge in [-0.25, -0.2) is 8.42 Å². The highest BCUT2D eigenvalue weighted by molar-refractivity contribution is 7.91. The van der Waals surface area contributed by atoms with Gasteiger partial charge in [-0.05, 0) is 20.3 Å². The van der Waals surface area contributed by atoms with E-state index in [1.165, 1.54) is 0 Å². The molecule has 4 heteroatoms. The van der Waals surface area contributed by atoms with Gasteiger partial charge < -0.3 is 5.11 Å². The number of hydrogen-bond acceptors (Lipinski definition) is 3. The molecule has 0 fully saturated rings. The Morgan fingerprint density at radius 2 is 1.92 bits per heavy atom. The molecule has 0 aliphatic rings. The lowest BCUT2D eigenvalue weighted by Crippen LogP contribution is -2.41. The van der Waals surface area contributed by atoms with Gasteiger partial charge >= 0.3 is 0 Å². The molecule has 2 atom stereocenters. The van der Waals surface area contributed by atoms with E-state index in [0.29, 0.717) is 6.42 Å². The maximum absolute atomic E-state index is 11.1. The molecule has 0 radical (unpaired) electrons. The van der Waals surface area contributed by atoms with Crippen LogP contribution < -0.4 is 0 Å². The number of sulfone groups is 1.